The summed E-state index contributed by atoms with van der Waals surface area (Å²) < 4.78 is 5.34. The van der Waals surface area contributed by atoms with Crippen LogP contribution in [0.5, 0.6) is 0 Å². The number of hydrogen-bond acceptors (Lipinski definition) is 5. The van der Waals surface area contributed by atoms with Gasteiger partial charge in [0.25, 0.3) is 0 Å². The van der Waals surface area contributed by atoms with Crippen LogP contribution in [0.2, 0.25) is 0 Å². The average molecular weight is 259 g/mol. The monoisotopic (exact) mass is 259 g/mol. The Hall–Kier alpha value is -1.95. The molecule has 3 rings (SSSR count). The fourth-order valence-corrected chi connectivity index (χ4v) is 2.21. The Morgan fingerprint density at radius 3 is 2.63 bits per heavy atom. The van der Waals surface area contributed by atoms with Gasteiger partial charge in [-0.15, -0.1) is 9.89 Å². The molecule has 6 heteroatoms. The SMILES string of the molecule is c1ccc(CCc2nnnn2N2CCOCC2)cc1. The van der Waals surface area contributed by atoms with Gasteiger partial charge >= 0.3 is 0 Å². The largest absolute Gasteiger partial charge is 0.378 e. The molecule has 2 aromatic rings. The van der Waals surface area contributed by atoms with Gasteiger partial charge < -0.3 is 4.74 Å². The maximum absolute atomic E-state index is 5.34. The van der Waals surface area contributed by atoms with Crippen LogP contribution >= 0.6 is 0 Å². The third-order valence-electron chi connectivity index (χ3n) is 3.25. The molecule has 100 valence electrons. The molecule has 0 radical (unpaired) electrons. The van der Waals surface area contributed by atoms with E-state index in [1.165, 1.54) is 5.56 Å². The van der Waals surface area contributed by atoms with Crippen molar-refractivity contribution in [1.82, 2.24) is 20.3 Å². The Balaban J connectivity index is 1.66. The van der Waals surface area contributed by atoms with Crippen molar-refractivity contribution in [2.75, 3.05) is 31.3 Å². The first-order valence-corrected chi connectivity index (χ1v) is 6.57. The van der Waals surface area contributed by atoms with Gasteiger partial charge in [-0.1, -0.05) is 30.3 Å². The second-order valence-corrected chi connectivity index (χ2v) is 4.54. The number of benzene rings is 1. The summed E-state index contributed by atoms with van der Waals surface area (Å²) in [5.41, 5.74) is 1.30. The Kier molecular flexibility index (Phi) is 3.69. The minimum atomic E-state index is 0.734. The Morgan fingerprint density at radius 2 is 1.84 bits per heavy atom. The minimum Gasteiger partial charge on any atom is -0.378 e. The fraction of sp³-hybridized carbons (Fsp3) is 0.462. The van der Waals surface area contributed by atoms with Crippen molar-refractivity contribution < 1.29 is 4.74 Å². The van der Waals surface area contributed by atoms with Crippen LogP contribution in [-0.2, 0) is 17.6 Å². The van der Waals surface area contributed by atoms with Gasteiger partial charge in [-0.05, 0) is 22.4 Å². The molecule has 0 N–H and O–H groups in total. The van der Waals surface area contributed by atoms with Crippen LogP contribution in [0.25, 0.3) is 0 Å². The van der Waals surface area contributed by atoms with Crippen molar-refractivity contribution in [3.63, 3.8) is 0 Å². The molecule has 19 heavy (non-hydrogen) atoms. The zero-order valence-corrected chi connectivity index (χ0v) is 10.8. The summed E-state index contributed by atoms with van der Waals surface area (Å²) in [6, 6.07) is 10.4. The molecule has 1 aromatic heterocycles. The van der Waals surface area contributed by atoms with Gasteiger partial charge in [-0.25, -0.2) is 0 Å². The molecular weight excluding hydrogens is 242 g/mol. The van der Waals surface area contributed by atoms with E-state index in [9.17, 15) is 0 Å². The highest BCUT2D eigenvalue weighted by atomic mass is 16.5. The van der Waals surface area contributed by atoms with Crippen molar-refractivity contribution in [3.05, 3.63) is 41.7 Å². The maximum Gasteiger partial charge on any atom is 0.174 e. The molecule has 0 bridgehead atoms. The lowest BCUT2D eigenvalue weighted by atomic mass is 10.1. The van der Waals surface area contributed by atoms with Gasteiger partial charge in [-0.2, -0.15) is 0 Å². The molecule has 2 heterocycles. The Labute approximate surface area is 111 Å². The zero-order chi connectivity index (χ0) is 12.9. The van der Waals surface area contributed by atoms with E-state index in [1.54, 1.807) is 0 Å². The number of rotatable bonds is 4. The van der Waals surface area contributed by atoms with Crippen LogP contribution < -0.4 is 5.01 Å². The summed E-state index contributed by atoms with van der Waals surface area (Å²) in [4.78, 5) is 1.82. The topological polar surface area (TPSA) is 56.1 Å². The van der Waals surface area contributed by atoms with E-state index in [0.29, 0.717) is 0 Å². The number of morpholine rings is 1. The molecule has 1 aliphatic rings. The zero-order valence-electron chi connectivity index (χ0n) is 10.8. The fourth-order valence-electron chi connectivity index (χ4n) is 2.21. The van der Waals surface area contributed by atoms with Crippen molar-refractivity contribution >= 4 is 0 Å². The molecule has 0 saturated carbocycles. The lowest BCUT2D eigenvalue weighted by Crippen LogP contribution is -2.45. The second kappa shape index (κ2) is 5.79. The highest BCUT2D eigenvalue weighted by Crippen LogP contribution is 2.05. The third kappa shape index (κ3) is 2.90. The van der Waals surface area contributed by atoms with E-state index in [2.05, 4.69) is 44.8 Å². The number of tetrazole rings is 1. The predicted molar refractivity (Wildman–Crippen MR) is 70.4 cm³/mol. The van der Waals surface area contributed by atoms with E-state index < -0.39 is 0 Å². The van der Waals surface area contributed by atoms with Gasteiger partial charge in [-0.3, -0.25) is 5.01 Å². The predicted octanol–water partition coefficient (Wildman–Crippen LogP) is 0.426. The number of aromatic nitrogens is 4. The van der Waals surface area contributed by atoms with Crippen LogP contribution in [0.15, 0.2) is 30.3 Å². The molecule has 1 aromatic carbocycles. The van der Waals surface area contributed by atoms with Gasteiger partial charge in [0, 0.05) is 6.42 Å². The average Bonchev–Trinajstić information content (AvgIpc) is 2.95. The minimum absolute atomic E-state index is 0.734. The first-order valence-electron chi connectivity index (χ1n) is 6.57. The van der Waals surface area contributed by atoms with Crippen molar-refractivity contribution in [1.29, 1.82) is 0 Å². The summed E-state index contributed by atoms with van der Waals surface area (Å²) in [5, 5.41) is 14.1. The third-order valence-corrected chi connectivity index (χ3v) is 3.25. The lowest BCUT2D eigenvalue weighted by molar-refractivity contribution is 0.108. The standard InChI is InChI=1S/C13H17N5O/c1-2-4-12(5-3-1)6-7-13-14-15-16-18(13)17-8-10-19-11-9-17/h1-5H,6-11H2. The second-order valence-electron chi connectivity index (χ2n) is 4.54. The molecule has 1 saturated heterocycles. The van der Waals surface area contributed by atoms with Gasteiger partial charge in [0.05, 0.1) is 26.3 Å². The molecule has 0 aliphatic carbocycles. The van der Waals surface area contributed by atoms with E-state index >= 15 is 0 Å². The number of ether oxygens (including phenoxy) is 1. The quantitative estimate of drug-likeness (QED) is 0.797. The molecular formula is C13H17N5O. The molecule has 0 spiro atoms. The highest BCUT2D eigenvalue weighted by molar-refractivity contribution is 5.15. The number of hydrogen-bond donors (Lipinski definition) is 0. The Morgan fingerprint density at radius 1 is 1.05 bits per heavy atom. The van der Waals surface area contributed by atoms with E-state index in [1.807, 2.05) is 10.9 Å². The van der Waals surface area contributed by atoms with Gasteiger partial charge in [0.15, 0.2) is 5.82 Å². The summed E-state index contributed by atoms with van der Waals surface area (Å²) in [5.74, 6) is 0.908. The lowest BCUT2D eigenvalue weighted by Gasteiger charge is -2.28. The van der Waals surface area contributed by atoms with Crippen LogP contribution in [0, 0.1) is 0 Å². The van der Waals surface area contributed by atoms with Crippen LogP contribution in [0.1, 0.15) is 11.4 Å². The molecule has 1 fully saturated rings. The number of nitrogens with zero attached hydrogens (tertiary/aromatic N) is 5. The van der Waals surface area contributed by atoms with E-state index in [4.69, 9.17) is 4.74 Å². The van der Waals surface area contributed by atoms with Gasteiger partial charge in [0.2, 0.25) is 0 Å². The number of aryl methyl sites for hydroxylation is 2. The smallest absolute Gasteiger partial charge is 0.174 e. The summed E-state index contributed by atoms with van der Waals surface area (Å²) in [6.07, 6.45) is 1.79. The molecule has 6 nitrogen and oxygen atoms in total. The van der Waals surface area contributed by atoms with Crippen LogP contribution in [0.3, 0.4) is 0 Å². The van der Waals surface area contributed by atoms with E-state index in [-0.39, 0.29) is 0 Å². The summed E-state index contributed by atoms with van der Waals surface area (Å²) in [6.45, 7) is 3.14. The molecule has 0 amide bonds. The van der Waals surface area contributed by atoms with Crippen LogP contribution in [0.4, 0.5) is 0 Å². The first kappa shape index (κ1) is 12.1. The maximum atomic E-state index is 5.34. The normalized spacial score (nSPS) is 15.7. The van der Waals surface area contributed by atoms with E-state index in [0.717, 1.165) is 45.0 Å². The molecule has 1 aliphatic heterocycles. The van der Waals surface area contributed by atoms with Crippen molar-refractivity contribution in [3.8, 4) is 0 Å². The Bertz CT molecular complexity index is 507. The van der Waals surface area contributed by atoms with Crippen molar-refractivity contribution in [2.24, 2.45) is 0 Å². The highest BCUT2D eigenvalue weighted by Gasteiger charge is 2.16. The molecule has 0 unspecified atom stereocenters. The summed E-state index contributed by atoms with van der Waals surface area (Å²) in [7, 11) is 0. The van der Waals surface area contributed by atoms with Crippen molar-refractivity contribution in [2.45, 2.75) is 12.8 Å². The van der Waals surface area contributed by atoms with Crippen LogP contribution in [-0.4, -0.2) is 46.6 Å². The first-order chi connectivity index (χ1) is 9.43. The summed E-state index contributed by atoms with van der Waals surface area (Å²) >= 11 is 0. The van der Waals surface area contributed by atoms with Gasteiger partial charge in [0.1, 0.15) is 0 Å². The molecule has 0 atom stereocenters.